The van der Waals surface area contributed by atoms with E-state index in [-0.39, 0.29) is 5.52 Å². The van der Waals surface area contributed by atoms with Gasteiger partial charge in [-0.25, -0.2) is 18.7 Å². The molecule has 0 aliphatic carbocycles. The molecule has 4 nitrogen and oxygen atoms in total. The zero-order chi connectivity index (χ0) is 19.8. The summed E-state index contributed by atoms with van der Waals surface area (Å²) in [7, 11) is 1.65. The second-order valence-electron chi connectivity index (χ2n) is 5.77. The number of rotatable bonds is 5. The van der Waals surface area contributed by atoms with E-state index < -0.39 is 24.7 Å². The molecule has 0 aromatic carbocycles. The van der Waals surface area contributed by atoms with Gasteiger partial charge < -0.3 is 4.57 Å². The van der Waals surface area contributed by atoms with Crippen LogP contribution in [0.4, 0.5) is 22.0 Å². The fourth-order valence-electron chi connectivity index (χ4n) is 2.66. The average molecular weight is 402 g/mol. The molecule has 0 unspecified atom stereocenters. The first kappa shape index (κ1) is 19.5. The molecule has 0 aliphatic rings. The number of alkyl halides is 5. The molecule has 0 N–H and O–H groups in total. The van der Waals surface area contributed by atoms with Crippen molar-refractivity contribution in [2.45, 2.75) is 30.8 Å². The predicted octanol–water partition coefficient (Wildman–Crippen LogP) is 4.97. The van der Waals surface area contributed by atoms with E-state index in [0.29, 0.717) is 33.2 Å². The van der Waals surface area contributed by atoms with Crippen LogP contribution in [-0.2, 0) is 19.6 Å². The van der Waals surface area contributed by atoms with Gasteiger partial charge >= 0.3 is 6.18 Å². The molecule has 0 spiro atoms. The Balaban J connectivity index is 2.12. The van der Waals surface area contributed by atoms with E-state index in [1.165, 1.54) is 18.0 Å². The molecule has 3 aromatic rings. The molecular formula is C17H15F5N4S. The monoisotopic (exact) mass is 402 g/mol. The van der Waals surface area contributed by atoms with Gasteiger partial charge in [0, 0.05) is 24.6 Å². The summed E-state index contributed by atoms with van der Waals surface area (Å²) < 4.78 is 65.5. The van der Waals surface area contributed by atoms with Crippen LogP contribution in [0.3, 0.4) is 0 Å². The summed E-state index contributed by atoms with van der Waals surface area (Å²) >= 11 is 1.41. The standard InChI is InChI=1S/C17H15F5N4S/c1-3-27-12-4-9(5-14(18)19)7-24-15(12)16-25-10-6-13(17(20,21)22)23-8-11(10)26(16)2/h4,6-8,14H,3,5H2,1-2H3. The normalized spacial score (nSPS) is 12.3. The lowest BCUT2D eigenvalue weighted by Gasteiger charge is -2.10. The topological polar surface area (TPSA) is 43.6 Å². The second-order valence-corrected chi connectivity index (χ2v) is 7.07. The number of aryl methyl sites for hydroxylation is 1. The molecule has 0 amide bonds. The van der Waals surface area contributed by atoms with Gasteiger partial charge in [0.25, 0.3) is 0 Å². The summed E-state index contributed by atoms with van der Waals surface area (Å²) in [6, 6.07) is 2.51. The van der Waals surface area contributed by atoms with Gasteiger partial charge in [-0.1, -0.05) is 6.92 Å². The minimum Gasteiger partial charge on any atom is -0.325 e. The van der Waals surface area contributed by atoms with Gasteiger partial charge in [0.15, 0.2) is 5.82 Å². The van der Waals surface area contributed by atoms with Gasteiger partial charge in [-0.15, -0.1) is 11.8 Å². The Hall–Kier alpha value is -2.23. The van der Waals surface area contributed by atoms with Crippen molar-refractivity contribution in [3.8, 4) is 11.5 Å². The zero-order valence-electron chi connectivity index (χ0n) is 14.4. The van der Waals surface area contributed by atoms with Crippen molar-refractivity contribution in [2.24, 2.45) is 7.05 Å². The number of aromatic nitrogens is 4. The van der Waals surface area contributed by atoms with E-state index in [1.54, 1.807) is 17.7 Å². The highest BCUT2D eigenvalue weighted by Crippen LogP contribution is 2.34. The van der Waals surface area contributed by atoms with Crippen LogP contribution in [0.2, 0.25) is 0 Å². The highest BCUT2D eigenvalue weighted by molar-refractivity contribution is 7.99. The Kier molecular flexibility index (Phi) is 5.36. The van der Waals surface area contributed by atoms with Crippen molar-refractivity contribution in [3.05, 3.63) is 35.8 Å². The van der Waals surface area contributed by atoms with Crippen molar-refractivity contribution in [1.29, 1.82) is 0 Å². The number of halogens is 5. The summed E-state index contributed by atoms with van der Waals surface area (Å²) in [4.78, 5) is 12.7. The average Bonchev–Trinajstić information content (AvgIpc) is 2.90. The lowest BCUT2D eigenvalue weighted by molar-refractivity contribution is -0.141. The van der Waals surface area contributed by atoms with E-state index in [1.807, 2.05) is 6.92 Å². The summed E-state index contributed by atoms with van der Waals surface area (Å²) in [6.07, 6.45) is -5.00. The first-order valence-corrected chi connectivity index (χ1v) is 8.99. The lowest BCUT2D eigenvalue weighted by atomic mass is 10.2. The Bertz CT molecular complexity index is 968. The maximum atomic E-state index is 12.9. The highest BCUT2D eigenvalue weighted by atomic mass is 32.2. The van der Waals surface area contributed by atoms with E-state index in [2.05, 4.69) is 15.0 Å². The van der Waals surface area contributed by atoms with Gasteiger partial charge in [0.2, 0.25) is 6.43 Å². The van der Waals surface area contributed by atoms with Crippen LogP contribution >= 0.6 is 11.8 Å². The third-order valence-electron chi connectivity index (χ3n) is 3.87. The van der Waals surface area contributed by atoms with Crippen LogP contribution in [0.25, 0.3) is 22.6 Å². The third kappa shape index (κ3) is 4.05. The maximum Gasteiger partial charge on any atom is 0.433 e. The Morgan fingerprint density at radius 1 is 1.15 bits per heavy atom. The minimum absolute atomic E-state index is 0.140. The molecule has 0 fully saturated rings. The Labute approximate surface area is 155 Å². The zero-order valence-corrected chi connectivity index (χ0v) is 15.2. The van der Waals surface area contributed by atoms with Gasteiger partial charge in [-0.3, -0.25) is 4.98 Å². The van der Waals surface area contributed by atoms with Crippen molar-refractivity contribution in [3.63, 3.8) is 0 Å². The summed E-state index contributed by atoms with van der Waals surface area (Å²) in [5.74, 6) is 1.03. The number of nitrogens with zero attached hydrogens (tertiary/aromatic N) is 4. The molecule has 0 saturated heterocycles. The smallest absolute Gasteiger partial charge is 0.325 e. The van der Waals surface area contributed by atoms with E-state index in [0.717, 1.165) is 12.3 Å². The molecule has 0 aliphatic heterocycles. The highest BCUT2D eigenvalue weighted by Gasteiger charge is 2.33. The molecule has 0 saturated carbocycles. The van der Waals surface area contributed by atoms with Crippen molar-refractivity contribution in [2.75, 3.05) is 5.75 Å². The van der Waals surface area contributed by atoms with Crippen LogP contribution in [0.1, 0.15) is 18.2 Å². The van der Waals surface area contributed by atoms with Crippen molar-refractivity contribution in [1.82, 2.24) is 19.5 Å². The minimum atomic E-state index is -4.57. The number of hydrogen-bond donors (Lipinski definition) is 0. The van der Waals surface area contributed by atoms with Gasteiger partial charge in [0.05, 0.1) is 17.2 Å². The van der Waals surface area contributed by atoms with Crippen LogP contribution in [0, 0.1) is 0 Å². The lowest BCUT2D eigenvalue weighted by Crippen LogP contribution is -2.07. The van der Waals surface area contributed by atoms with E-state index >= 15 is 0 Å². The van der Waals surface area contributed by atoms with Crippen LogP contribution < -0.4 is 0 Å². The van der Waals surface area contributed by atoms with Crippen molar-refractivity contribution < 1.29 is 22.0 Å². The number of imidazole rings is 1. The molecule has 0 radical (unpaired) electrons. The quantitative estimate of drug-likeness (QED) is 0.447. The molecule has 3 aromatic heterocycles. The molecule has 144 valence electrons. The van der Waals surface area contributed by atoms with Crippen LogP contribution in [-0.4, -0.2) is 31.7 Å². The molecule has 0 atom stereocenters. The number of fused-ring (bicyclic) bond motifs is 1. The maximum absolute atomic E-state index is 12.9. The number of hydrogen-bond acceptors (Lipinski definition) is 4. The molecular weight excluding hydrogens is 387 g/mol. The molecule has 3 heterocycles. The Morgan fingerprint density at radius 2 is 1.89 bits per heavy atom. The molecule has 3 rings (SSSR count). The van der Waals surface area contributed by atoms with Gasteiger partial charge in [-0.2, -0.15) is 13.2 Å². The first-order chi connectivity index (χ1) is 12.7. The molecule has 0 bridgehead atoms. The predicted molar refractivity (Wildman–Crippen MR) is 92.8 cm³/mol. The number of thioether (sulfide) groups is 1. The third-order valence-corrected chi connectivity index (χ3v) is 4.78. The summed E-state index contributed by atoms with van der Waals surface area (Å²) in [5.41, 5.74) is 0.365. The molecule has 10 heteroatoms. The summed E-state index contributed by atoms with van der Waals surface area (Å²) in [6.45, 7) is 1.91. The van der Waals surface area contributed by atoms with Crippen molar-refractivity contribution >= 4 is 22.8 Å². The second kappa shape index (κ2) is 7.41. The van der Waals surface area contributed by atoms with Gasteiger partial charge in [0.1, 0.15) is 11.4 Å². The van der Waals surface area contributed by atoms with Crippen LogP contribution in [0.5, 0.6) is 0 Å². The Morgan fingerprint density at radius 3 is 2.52 bits per heavy atom. The van der Waals surface area contributed by atoms with Crippen LogP contribution in [0.15, 0.2) is 29.4 Å². The van der Waals surface area contributed by atoms with E-state index in [9.17, 15) is 22.0 Å². The number of pyridine rings is 2. The SMILES string of the molecule is CCSc1cc(CC(F)F)cnc1-c1nc2cc(C(F)(F)F)ncc2n1C. The van der Waals surface area contributed by atoms with E-state index in [4.69, 9.17) is 0 Å². The molecule has 27 heavy (non-hydrogen) atoms. The fourth-order valence-corrected chi connectivity index (χ4v) is 3.49. The largest absolute Gasteiger partial charge is 0.433 e. The summed E-state index contributed by atoms with van der Waals surface area (Å²) in [5, 5.41) is 0. The fraction of sp³-hybridized carbons (Fsp3) is 0.353. The van der Waals surface area contributed by atoms with Gasteiger partial charge in [-0.05, 0) is 23.4 Å². The first-order valence-electron chi connectivity index (χ1n) is 8.00.